The van der Waals surface area contributed by atoms with Gasteiger partial charge in [-0.1, -0.05) is 0 Å². The van der Waals surface area contributed by atoms with Crippen molar-refractivity contribution < 1.29 is 0 Å². The zero-order chi connectivity index (χ0) is 12.4. The molecule has 0 radical (unpaired) electrons. The van der Waals surface area contributed by atoms with Crippen molar-refractivity contribution in [2.75, 3.05) is 46.8 Å². The molecule has 0 bridgehead atoms. The van der Waals surface area contributed by atoms with Crippen LogP contribution in [0.4, 0.5) is 0 Å². The second-order valence-corrected chi connectivity index (χ2v) is 9.72. The summed E-state index contributed by atoms with van der Waals surface area (Å²) in [5.41, 5.74) is 5.93. The fourth-order valence-electron chi connectivity index (χ4n) is 1.51. The smallest absolute Gasteiger partial charge is 0.0344 e. The average molecular weight is 312 g/mol. The molecule has 1 nitrogen and oxygen atoms in total. The normalized spacial score (nSPS) is 30.7. The molecule has 0 aliphatic carbocycles. The standard InChI is InChI=1S/C12H25NS4/c1-12(10-13)11-16-6-2-4-14-8-9-15-5-3-7-17-12/h2-11,13H2,1H3. The molecule has 1 saturated heterocycles. The van der Waals surface area contributed by atoms with Gasteiger partial charge in [0, 0.05) is 28.6 Å². The maximum absolute atomic E-state index is 5.93. The van der Waals surface area contributed by atoms with Crippen LogP contribution in [0.3, 0.4) is 0 Å². The first-order valence-electron chi connectivity index (χ1n) is 6.34. The van der Waals surface area contributed by atoms with Crippen molar-refractivity contribution in [2.24, 2.45) is 5.73 Å². The lowest BCUT2D eigenvalue weighted by Gasteiger charge is -2.27. The van der Waals surface area contributed by atoms with Gasteiger partial charge in [-0.15, -0.1) is 0 Å². The van der Waals surface area contributed by atoms with Crippen molar-refractivity contribution in [1.82, 2.24) is 0 Å². The number of thioether (sulfide) groups is 4. The van der Waals surface area contributed by atoms with Crippen LogP contribution < -0.4 is 5.73 Å². The Hall–Kier alpha value is 1.36. The Labute approximate surface area is 124 Å². The highest BCUT2D eigenvalue weighted by Gasteiger charge is 2.22. The van der Waals surface area contributed by atoms with E-state index in [4.69, 9.17) is 5.73 Å². The maximum atomic E-state index is 5.93. The van der Waals surface area contributed by atoms with Gasteiger partial charge in [0.1, 0.15) is 0 Å². The number of rotatable bonds is 1. The van der Waals surface area contributed by atoms with Crippen LogP contribution in [0.25, 0.3) is 0 Å². The first kappa shape index (κ1) is 16.4. The molecule has 2 N–H and O–H groups in total. The van der Waals surface area contributed by atoms with Crippen LogP contribution in [-0.2, 0) is 0 Å². The molecule has 1 aliphatic heterocycles. The summed E-state index contributed by atoms with van der Waals surface area (Å²) in [5.74, 6) is 9.11. The lowest BCUT2D eigenvalue weighted by Crippen LogP contribution is -2.34. The molecular weight excluding hydrogens is 286 g/mol. The van der Waals surface area contributed by atoms with Gasteiger partial charge in [0.2, 0.25) is 0 Å². The molecule has 0 aromatic carbocycles. The molecule has 1 fully saturated rings. The Balaban J connectivity index is 2.29. The van der Waals surface area contributed by atoms with Crippen molar-refractivity contribution in [3.05, 3.63) is 0 Å². The van der Waals surface area contributed by atoms with Gasteiger partial charge in [-0.05, 0) is 42.8 Å². The van der Waals surface area contributed by atoms with Crippen LogP contribution in [0.1, 0.15) is 19.8 Å². The van der Waals surface area contributed by atoms with Gasteiger partial charge >= 0.3 is 0 Å². The zero-order valence-corrected chi connectivity index (χ0v) is 14.0. The Kier molecular flexibility index (Phi) is 9.83. The van der Waals surface area contributed by atoms with Crippen molar-refractivity contribution in [1.29, 1.82) is 0 Å². The minimum absolute atomic E-state index is 0.298. The van der Waals surface area contributed by atoms with Crippen molar-refractivity contribution in [3.8, 4) is 0 Å². The van der Waals surface area contributed by atoms with Gasteiger partial charge in [0.05, 0.1) is 0 Å². The highest BCUT2D eigenvalue weighted by molar-refractivity contribution is 8.04. The van der Waals surface area contributed by atoms with E-state index in [-0.39, 0.29) is 0 Å². The fourth-order valence-corrected chi connectivity index (χ4v) is 6.45. The quantitative estimate of drug-likeness (QED) is 0.800. The van der Waals surface area contributed by atoms with Gasteiger partial charge in [0.15, 0.2) is 0 Å². The predicted octanol–water partition coefficient (Wildman–Crippen LogP) is 3.43. The van der Waals surface area contributed by atoms with E-state index in [1.54, 1.807) is 0 Å². The van der Waals surface area contributed by atoms with Gasteiger partial charge in [-0.3, -0.25) is 0 Å². The molecule has 1 unspecified atom stereocenters. The van der Waals surface area contributed by atoms with E-state index in [9.17, 15) is 0 Å². The van der Waals surface area contributed by atoms with E-state index in [0.717, 1.165) is 6.54 Å². The minimum Gasteiger partial charge on any atom is -0.329 e. The van der Waals surface area contributed by atoms with Crippen LogP contribution in [0.2, 0.25) is 0 Å². The summed E-state index contributed by atoms with van der Waals surface area (Å²) < 4.78 is 0.298. The van der Waals surface area contributed by atoms with Gasteiger partial charge < -0.3 is 5.73 Å². The summed E-state index contributed by atoms with van der Waals surface area (Å²) in [6.07, 6.45) is 2.69. The van der Waals surface area contributed by atoms with Gasteiger partial charge in [0.25, 0.3) is 0 Å². The van der Waals surface area contributed by atoms with E-state index in [0.29, 0.717) is 4.75 Å². The molecule has 17 heavy (non-hydrogen) atoms. The summed E-state index contributed by atoms with van der Waals surface area (Å²) in [7, 11) is 0. The lowest BCUT2D eigenvalue weighted by atomic mass is 10.2. The Morgan fingerprint density at radius 3 is 2.12 bits per heavy atom. The first-order valence-corrected chi connectivity index (χ1v) is 10.8. The van der Waals surface area contributed by atoms with E-state index < -0.39 is 0 Å². The van der Waals surface area contributed by atoms with Crippen molar-refractivity contribution in [3.63, 3.8) is 0 Å². The average Bonchev–Trinajstić information content (AvgIpc) is 2.34. The first-order chi connectivity index (χ1) is 8.27. The fraction of sp³-hybridized carbons (Fsp3) is 1.00. The zero-order valence-electron chi connectivity index (χ0n) is 10.8. The summed E-state index contributed by atoms with van der Waals surface area (Å²) in [6, 6.07) is 0. The van der Waals surface area contributed by atoms with E-state index >= 15 is 0 Å². The Morgan fingerprint density at radius 2 is 1.47 bits per heavy atom. The molecule has 1 aliphatic rings. The summed E-state index contributed by atoms with van der Waals surface area (Å²) >= 11 is 8.42. The second kappa shape index (κ2) is 10.2. The monoisotopic (exact) mass is 311 g/mol. The minimum atomic E-state index is 0.298. The molecule has 0 saturated carbocycles. The molecule has 1 rings (SSSR count). The van der Waals surface area contributed by atoms with Gasteiger partial charge in [-0.2, -0.15) is 47.0 Å². The van der Waals surface area contributed by atoms with Gasteiger partial charge in [-0.25, -0.2) is 0 Å². The third-order valence-electron chi connectivity index (χ3n) is 2.67. The molecule has 0 spiro atoms. The summed E-state index contributed by atoms with van der Waals surface area (Å²) in [5, 5.41) is 0. The molecule has 0 amide bonds. The van der Waals surface area contributed by atoms with Crippen molar-refractivity contribution in [2.45, 2.75) is 24.5 Å². The van der Waals surface area contributed by atoms with Crippen LogP contribution in [0.5, 0.6) is 0 Å². The number of nitrogens with two attached hydrogens (primary N) is 1. The molecule has 5 heteroatoms. The van der Waals surface area contributed by atoms with Crippen LogP contribution in [-0.4, -0.2) is 51.6 Å². The third-order valence-corrected chi connectivity index (χ3v) is 8.17. The van der Waals surface area contributed by atoms with Crippen LogP contribution in [0, 0.1) is 0 Å². The molecule has 102 valence electrons. The van der Waals surface area contributed by atoms with E-state index in [1.165, 1.54) is 53.1 Å². The highest BCUT2D eigenvalue weighted by atomic mass is 32.2. The summed E-state index contributed by atoms with van der Waals surface area (Å²) in [6.45, 7) is 3.14. The number of hydrogen-bond acceptors (Lipinski definition) is 5. The Bertz CT molecular complexity index is 175. The van der Waals surface area contributed by atoms with Crippen LogP contribution >= 0.6 is 47.0 Å². The SMILES string of the molecule is CC1(CN)CSCCCSCCSCCCS1. The molecule has 0 aromatic heterocycles. The lowest BCUT2D eigenvalue weighted by molar-refractivity contribution is 0.732. The molecule has 1 atom stereocenters. The van der Waals surface area contributed by atoms with E-state index in [2.05, 4.69) is 54.0 Å². The molecular formula is C12H25NS4. The molecule has 0 aromatic rings. The summed E-state index contributed by atoms with van der Waals surface area (Å²) in [4.78, 5) is 0. The predicted molar refractivity (Wildman–Crippen MR) is 91.1 cm³/mol. The second-order valence-electron chi connectivity index (χ2n) is 4.49. The maximum Gasteiger partial charge on any atom is 0.0344 e. The highest BCUT2D eigenvalue weighted by Crippen LogP contribution is 2.29. The van der Waals surface area contributed by atoms with Crippen LogP contribution in [0.15, 0.2) is 0 Å². The van der Waals surface area contributed by atoms with E-state index in [1.807, 2.05) is 0 Å². The van der Waals surface area contributed by atoms with Crippen molar-refractivity contribution >= 4 is 47.0 Å². The Morgan fingerprint density at radius 1 is 0.882 bits per heavy atom. The molecule has 1 heterocycles. The topological polar surface area (TPSA) is 26.0 Å². The largest absolute Gasteiger partial charge is 0.329 e. The third kappa shape index (κ3) is 8.19. The number of hydrogen-bond donors (Lipinski definition) is 1.